The molecule has 2 amide bonds. The van der Waals surface area contributed by atoms with E-state index >= 15 is 0 Å². The maximum absolute atomic E-state index is 13.0. The van der Waals surface area contributed by atoms with E-state index < -0.39 is 0 Å². The molecule has 1 aromatic heterocycles. The molecule has 7 heteroatoms. The molecule has 2 aromatic carbocycles. The van der Waals surface area contributed by atoms with E-state index in [4.69, 9.17) is 5.21 Å². The number of benzene rings is 2. The van der Waals surface area contributed by atoms with Crippen LogP contribution in [0.3, 0.4) is 0 Å². The van der Waals surface area contributed by atoms with Gasteiger partial charge in [-0.05, 0) is 48.6 Å². The van der Waals surface area contributed by atoms with Gasteiger partial charge in [0, 0.05) is 47.5 Å². The third-order valence-electron chi connectivity index (χ3n) is 5.38. The number of amides is 2. The van der Waals surface area contributed by atoms with E-state index in [9.17, 15) is 9.59 Å². The Hall–Kier alpha value is -2.64. The number of nitrogens with one attached hydrogen (secondary N) is 2. The molecule has 0 saturated carbocycles. The Morgan fingerprint density at radius 3 is 2.52 bits per heavy atom. The van der Waals surface area contributed by atoms with E-state index in [1.54, 1.807) is 5.48 Å². The largest absolute Gasteiger partial charge is 0.361 e. The fraction of sp³-hybridized carbons (Fsp3) is 0.333. The number of fused-ring (bicyclic) bond motifs is 1. The van der Waals surface area contributed by atoms with Gasteiger partial charge in [0.1, 0.15) is 0 Å². The molecule has 0 radical (unpaired) electrons. The molecule has 0 aliphatic carbocycles. The first-order chi connectivity index (χ1) is 15.1. The predicted octanol–water partition coefficient (Wildman–Crippen LogP) is 4.96. The summed E-state index contributed by atoms with van der Waals surface area (Å²) in [6.07, 6.45) is 5.68. The van der Waals surface area contributed by atoms with Gasteiger partial charge in [0.25, 0.3) is 0 Å². The molecule has 6 nitrogen and oxygen atoms in total. The molecular weight excluding hydrogens is 458 g/mol. The molecule has 3 N–H and O–H groups in total. The minimum atomic E-state index is -0.387. The van der Waals surface area contributed by atoms with Crippen LogP contribution in [0.2, 0.25) is 0 Å². The molecule has 164 valence electrons. The molecule has 3 aromatic rings. The number of rotatable bonds is 11. The summed E-state index contributed by atoms with van der Waals surface area (Å²) < 4.78 is 1.01. The Labute approximate surface area is 190 Å². The second-order valence-electron chi connectivity index (χ2n) is 7.65. The molecule has 0 atom stereocenters. The molecule has 0 saturated heterocycles. The number of halogens is 1. The third kappa shape index (κ3) is 6.94. The zero-order valence-corrected chi connectivity index (χ0v) is 19.0. The zero-order valence-electron chi connectivity index (χ0n) is 17.4. The van der Waals surface area contributed by atoms with Gasteiger partial charge in [-0.2, -0.15) is 0 Å². The fourth-order valence-electron chi connectivity index (χ4n) is 3.65. The number of carbonyl (C=O) groups excluding carboxylic acids is 2. The first kappa shape index (κ1) is 23.0. The van der Waals surface area contributed by atoms with Gasteiger partial charge >= 0.3 is 0 Å². The summed E-state index contributed by atoms with van der Waals surface area (Å²) in [5.74, 6) is -0.267. The molecule has 31 heavy (non-hydrogen) atoms. The standard InChI is InChI=1S/C24H28BrN3O3/c25-20-12-10-18(11-13-20)17-28(24(30)9-3-1-2-8-23(29)27-31)15-14-19-16-26-22-7-5-4-6-21(19)22/h4-7,10-13,16,26,31H,1-3,8-9,14-15,17H2,(H,27,29). The molecule has 0 unspecified atom stereocenters. The molecule has 0 bridgehead atoms. The van der Waals surface area contributed by atoms with Crippen LogP contribution in [0.1, 0.15) is 43.2 Å². The number of aromatic amines is 1. The fourth-order valence-corrected chi connectivity index (χ4v) is 3.91. The van der Waals surface area contributed by atoms with Gasteiger partial charge in [0.15, 0.2) is 0 Å². The van der Waals surface area contributed by atoms with Gasteiger partial charge in [-0.1, -0.05) is 52.7 Å². The summed E-state index contributed by atoms with van der Waals surface area (Å²) in [4.78, 5) is 29.3. The Kier molecular flexibility index (Phi) is 8.67. The normalized spacial score (nSPS) is 10.9. The van der Waals surface area contributed by atoms with Crippen LogP contribution in [0.4, 0.5) is 0 Å². The highest BCUT2D eigenvalue weighted by atomic mass is 79.9. The average Bonchev–Trinajstić information content (AvgIpc) is 3.20. The quantitative estimate of drug-likeness (QED) is 0.204. The first-order valence-electron chi connectivity index (χ1n) is 10.6. The van der Waals surface area contributed by atoms with Crippen LogP contribution < -0.4 is 5.48 Å². The van der Waals surface area contributed by atoms with Crippen molar-refractivity contribution in [1.82, 2.24) is 15.4 Å². The maximum Gasteiger partial charge on any atom is 0.243 e. The van der Waals surface area contributed by atoms with Crippen molar-refractivity contribution in [3.05, 3.63) is 70.3 Å². The zero-order chi connectivity index (χ0) is 22.1. The van der Waals surface area contributed by atoms with Crippen molar-refractivity contribution < 1.29 is 14.8 Å². The van der Waals surface area contributed by atoms with Crippen LogP contribution in [-0.2, 0) is 22.6 Å². The highest BCUT2D eigenvalue weighted by Crippen LogP contribution is 2.20. The molecule has 0 aliphatic heterocycles. The highest BCUT2D eigenvalue weighted by Gasteiger charge is 2.15. The topological polar surface area (TPSA) is 85.4 Å². The number of hydrogen-bond donors (Lipinski definition) is 3. The molecule has 0 aliphatic rings. The van der Waals surface area contributed by atoms with Crippen LogP contribution in [-0.4, -0.2) is 33.5 Å². The van der Waals surface area contributed by atoms with Crippen LogP contribution >= 0.6 is 15.9 Å². The number of aromatic nitrogens is 1. The van der Waals surface area contributed by atoms with Crippen LogP contribution in [0.25, 0.3) is 10.9 Å². The Bertz CT molecular complexity index is 1000. The van der Waals surface area contributed by atoms with Gasteiger partial charge in [0.05, 0.1) is 0 Å². The number of nitrogens with zero attached hydrogens (tertiary/aromatic N) is 1. The second kappa shape index (κ2) is 11.7. The summed E-state index contributed by atoms with van der Waals surface area (Å²) >= 11 is 3.46. The predicted molar refractivity (Wildman–Crippen MR) is 125 cm³/mol. The lowest BCUT2D eigenvalue weighted by atomic mass is 10.1. The van der Waals surface area contributed by atoms with E-state index in [0.717, 1.165) is 34.8 Å². The number of carbonyl (C=O) groups is 2. The van der Waals surface area contributed by atoms with E-state index in [2.05, 4.69) is 33.0 Å². The van der Waals surface area contributed by atoms with Gasteiger partial charge in [-0.15, -0.1) is 0 Å². The van der Waals surface area contributed by atoms with Gasteiger partial charge in [-0.25, -0.2) is 5.48 Å². The highest BCUT2D eigenvalue weighted by molar-refractivity contribution is 9.10. The molecular formula is C24H28BrN3O3. The lowest BCUT2D eigenvalue weighted by Gasteiger charge is -2.23. The summed E-state index contributed by atoms with van der Waals surface area (Å²) in [5.41, 5.74) is 5.04. The van der Waals surface area contributed by atoms with Crippen molar-refractivity contribution in [3.63, 3.8) is 0 Å². The Morgan fingerprint density at radius 1 is 1.00 bits per heavy atom. The van der Waals surface area contributed by atoms with Gasteiger partial charge in [-0.3, -0.25) is 14.8 Å². The Morgan fingerprint density at radius 2 is 1.74 bits per heavy atom. The van der Waals surface area contributed by atoms with Gasteiger partial charge < -0.3 is 9.88 Å². The van der Waals surface area contributed by atoms with Crippen molar-refractivity contribution in [2.75, 3.05) is 6.54 Å². The minimum absolute atomic E-state index is 0.120. The molecule has 0 spiro atoms. The maximum atomic E-state index is 13.0. The average molecular weight is 486 g/mol. The van der Waals surface area contributed by atoms with Crippen molar-refractivity contribution >= 4 is 38.6 Å². The number of hydroxylamine groups is 1. The van der Waals surface area contributed by atoms with E-state index in [1.807, 2.05) is 47.5 Å². The van der Waals surface area contributed by atoms with E-state index in [0.29, 0.717) is 25.9 Å². The van der Waals surface area contributed by atoms with Crippen LogP contribution in [0.15, 0.2) is 59.2 Å². The summed E-state index contributed by atoms with van der Waals surface area (Å²) in [6.45, 7) is 1.21. The Balaban J connectivity index is 1.60. The molecule has 3 rings (SSSR count). The van der Waals surface area contributed by atoms with E-state index in [1.165, 1.54) is 10.9 Å². The van der Waals surface area contributed by atoms with Crippen molar-refractivity contribution in [3.8, 4) is 0 Å². The van der Waals surface area contributed by atoms with E-state index in [-0.39, 0.29) is 18.2 Å². The van der Waals surface area contributed by atoms with Crippen LogP contribution in [0, 0.1) is 0 Å². The minimum Gasteiger partial charge on any atom is -0.361 e. The summed E-state index contributed by atoms with van der Waals surface area (Å²) in [5, 5.41) is 9.74. The number of unbranched alkanes of at least 4 members (excludes halogenated alkanes) is 2. The van der Waals surface area contributed by atoms with Crippen molar-refractivity contribution in [2.24, 2.45) is 0 Å². The molecule has 0 fully saturated rings. The number of H-pyrrole nitrogens is 1. The number of para-hydroxylation sites is 1. The molecule has 1 heterocycles. The third-order valence-corrected chi connectivity index (χ3v) is 5.91. The first-order valence-corrected chi connectivity index (χ1v) is 11.4. The smallest absolute Gasteiger partial charge is 0.243 e. The van der Waals surface area contributed by atoms with Crippen LogP contribution in [0.5, 0.6) is 0 Å². The lowest BCUT2D eigenvalue weighted by molar-refractivity contribution is -0.132. The SMILES string of the molecule is O=C(CCCCCC(=O)N(CCc1c[nH]c2ccccc12)Cc1ccc(Br)cc1)NO. The second-order valence-corrected chi connectivity index (χ2v) is 8.56. The number of hydrogen-bond acceptors (Lipinski definition) is 3. The summed E-state index contributed by atoms with van der Waals surface area (Å²) in [7, 11) is 0. The summed E-state index contributed by atoms with van der Waals surface area (Å²) in [6, 6.07) is 16.2. The van der Waals surface area contributed by atoms with Crippen molar-refractivity contribution in [2.45, 2.75) is 45.1 Å². The van der Waals surface area contributed by atoms with Gasteiger partial charge in [0.2, 0.25) is 11.8 Å². The van der Waals surface area contributed by atoms with Crippen molar-refractivity contribution in [1.29, 1.82) is 0 Å². The lowest BCUT2D eigenvalue weighted by Crippen LogP contribution is -2.32. The monoisotopic (exact) mass is 485 g/mol.